The third-order valence-corrected chi connectivity index (χ3v) is 4.08. The summed E-state index contributed by atoms with van der Waals surface area (Å²) < 4.78 is 0. The molecule has 2 saturated heterocycles. The van der Waals surface area contributed by atoms with E-state index < -0.39 is 0 Å². The summed E-state index contributed by atoms with van der Waals surface area (Å²) in [5.74, 6) is 1.20. The van der Waals surface area contributed by atoms with Crippen molar-refractivity contribution in [2.75, 3.05) is 26.2 Å². The van der Waals surface area contributed by atoms with Gasteiger partial charge in [-0.15, -0.1) is 0 Å². The molecule has 0 saturated carbocycles. The molecule has 2 aliphatic heterocycles. The van der Waals surface area contributed by atoms with Gasteiger partial charge in [0.15, 0.2) is 0 Å². The molecule has 2 rings (SSSR count). The molecule has 3 nitrogen and oxygen atoms in total. The summed E-state index contributed by atoms with van der Waals surface area (Å²) in [5.41, 5.74) is 0. The van der Waals surface area contributed by atoms with Crippen LogP contribution < -0.4 is 5.32 Å². The molecule has 2 fully saturated rings. The summed E-state index contributed by atoms with van der Waals surface area (Å²) in [6.07, 6.45) is 6.33. The smallest absolute Gasteiger partial charge is 0.225 e. The van der Waals surface area contributed by atoms with Crippen molar-refractivity contribution in [1.29, 1.82) is 0 Å². The third-order valence-electron chi connectivity index (χ3n) is 4.08. The molecule has 0 aromatic carbocycles. The maximum absolute atomic E-state index is 12.3. The summed E-state index contributed by atoms with van der Waals surface area (Å²) in [6.45, 7) is 6.14. The summed E-state index contributed by atoms with van der Waals surface area (Å²) >= 11 is 0. The first-order valence-corrected chi connectivity index (χ1v) is 6.78. The summed E-state index contributed by atoms with van der Waals surface area (Å²) in [6, 6.07) is 0. The highest BCUT2D eigenvalue weighted by molar-refractivity contribution is 5.79. The van der Waals surface area contributed by atoms with Crippen LogP contribution in [0, 0.1) is 11.8 Å². The molecule has 92 valence electrons. The van der Waals surface area contributed by atoms with Crippen molar-refractivity contribution in [1.82, 2.24) is 10.2 Å². The second-order valence-electron chi connectivity index (χ2n) is 5.30. The predicted octanol–water partition coefficient (Wildman–Crippen LogP) is 1.63. The van der Waals surface area contributed by atoms with E-state index >= 15 is 0 Å². The number of amides is 1. The molecule has 0 aromatic rings. The number of likely N-dealkylation sites (tertiary alicyclic amines) is 1. The minimum Gasteiger partial charge on any atom is -0.342 e. The highest BCUT2D eigenvalue weighted by atomic mass is 16.2. The fourth-order valence-corrected chi connectivity index (χ4v) is 2.62. The van der Waals surface area contributed by atoms with Gasteiger partial charge < -0.3 is 10.2 Å². The fraction of sp³-hybridized carbons (Fsp3) is 0.923. The molecule has 0 spiro atoms. The molecule has 3 heteroatoms. The van der Waals surface area contributed by atoms with Gasteiger partial charge in [-0.25, -0.2) is 0 Å². The first kappa shape index (κ1) is 11.9. The number of hydrogen-bond acceptors (Lipinski definition) is 2. The number of hydrogen-bond donors (Lipinski definition) is 1. The van der Waals surface area contributed by atoms with Gasteiger partial charge in [0.05, 0.1) is 0 Å². The summed E-state index contributed by atoms with van der Waals surface area (Å²) in [7, 11) is 0. The van der Waals surface area contributed by atoms with Crippen LogP contribution in [0.2, 0.25) is 0 Å². The van der Waals surface area contributed by atoms with Gasteiger partial charge in [0.1, 0.15) is 0 Å². The van der Waals surface area contributed by atoms with Crippen LogP contribution >= 0.6 is 0 Å². The van der Waals surface area contributed by atoms with E-state index in [0.29, 0.717) is 11.8 Å². The van der Waals surface area contributed by atoms with Crippen LogP contribution in [0.25, 0.3) is 0 Å². The van der Waals surface area contributed by atoms with Crippen LogP contribution in [-0.2, 0) is 4.79 Å². The zero-order valence-corrected chi connectivity index (χ0v) is 10.4. The van der Waals surface area contributed by atoms with Crippen LogP contribution in [-0.4, -0.2) is 37.0 Å². The molecule has 1 unspecified atom stereocenters. The number of nitrogens with zero attached hydrogens (tertiary/aromatic N) is 1. The van der Waals surface area contributed by atoms with E-state index in [0.717, 1.165) is 26.2 Å². The highest BCUT2D eigenvalue weighted by Crippen LogP contribution is 2.20. The zero-order valence-electron chi connectivity index (χ0n) is 10.4. The molecule has 16 heavy (non-hydrogen) atoms. The molecule has 1 amide bonds. The van der Waals surface area contributed by atoms with E-state index in [1.165, 1.54) is 32.1 Å². The Morgan fingerprint density at radius 1 is 1.12 bits per heavy atom. The van der Waals surface area contributed by atoms with Crippen LogP contribution in [0.3, 0.4) is 0 Å². The van der Waals surface area contributed by atoms with Gasteiger partial charge in [-0.3, -0.25) is 4.79 Å². The SMILES string of the molecule is CC(C(=O)N1CCCCCCC1)C1CNC1. The molecular weight excluding hydrogens is 200 g/mol. The Morgan fingerprint density at radius 3 is 2.19 bits per heavy atom. The van der Waals surface area contributed by atoms with E-state index in [9.17, 15) is 4.79 Å². The number of carbonyl (C=O) groups excluding carboxylic acids is 1. The highest BCUT2D eigenvalue weighted by Gasteiger charge is 2.31. The normalized spacial score (nSPS) is 25.4. The molecule has 2 aliphatic rings. The topological polar surface area (TPSA) is 32.3 Å². The maximum Gasteiger partial charge on any atom is 0.225 e. The Balaban J connectivity index is 1.85. The molecule has 1 atom stereocenters. The second-order valence-corrected chi connectivity index (χ2v) is 5.30. The maximum atomic E-state index is 12.3. The van der Waals surface area contributed by atoms with Gasteiger partial charge in [-0.1, -0.05) is 26.2 Å². The van der Waals surface area contributed by atoms with E-state index in [-0.39, 0.29) is 5.92 Å². The average molecular weight is 224 g/mol. The quantitative estimate of drug-likeness (QED) is 0.773. The van der Waals surface area contributed by atoms with Crippen molar-refractivity contribution in [3.8, 4) is 0 Å². The van der Waals surface area contributed by atoms with Gasteiger partial charge >= 0.3 is 0 Å². The Bertz CT molecular complexity index is 230. The Hall–Kier alpha value is -0.570. The lowest BCUT2D eigenvalue weighted by molar-refractivity contribution is -0.137. The van der Waals surface area contributed by atoms with Crippen LogP contribution in [0.5, 0.6) is 0 Å². The predicted molar refractivity (Wildman–Crippen MR) is 65.2 cm³/mol. The molecule has 0 aromatic heterocycles. The van der Waals surface area contributed by atoms with Gasteiger partial charge in [0, 0.05) is 19.0 Å². The molecular formula is C13H24N2O. The van der Waals surface area contributed by atoms with Crippen molar-refractivity contribution in [3.05, 3.63) is 0 Å². The standard InChI is InChI=1S/C13H24N2O/c1-11(12-9-14-10-12)13(16)15-7-5-3-2-4-6-8-15/h11-12,14H,2-10H2,1H3. The Labute approximate surface area is 98.6 Å². The van der Waals surface area contributed by atoms with E-state index in [1.807, 2.05) is 0 Å². The van der Waals surface area contributed by atoms with Gasteiger partial charge in [0.2, 0.25) is 5.91 Å². The molecule has 1 N–H and O–H groups in total. The average Bonchev–Trinajstić information content (AvgIpc) is 2.13. The summed E-state index contributed by atoms with van der Waals surface area (Å²) in [5, 5.41) is 3.25. The van der Waals surface area contributed by atoms with E-state index in [4.69, 9.17) is 0 Å². The van der Waals surface area contributed by atoms with Crippen molar-refractivity contribution < 1.29 is 4.79 Å². The van der Waals surface area contributed by atoms with E-state index in [2.05, 4.69) is 17.1 Å². The lowest BCUT2D eigenvalue weighted by atomic mass is 9.87. The zero-order chi connectivity index (χ0) is 11.4. The number of carbonyl (C=O) groups is 1. The molecule has 0 radical (unpaired) electrons. The van der Waals surface area contributed by atoms with Crippen LogP contribution in [0.4, 0.5) is 0 Å². The van der Waals surface area contributed by atoms with Crippen molar-refractivity contribution >= 4 is 5.91 Å². The van der Waals surface area contributed by atoms with Crippen LogP contribution in [0.15, 0.2) is 0 Å². The van der Waals surface area contributed by atoms with Gasteiger partial charge in [-0.2, -0.15) is 0 Å². The largest absolute Gasteiger partial charge is 0.342 e. The van der Waals surface area contributed by atoms with Crippen LogP contribution in [0.1, 0.15) is 39.0 Å². The van der Waals surface area contributed by atoms with Gasteiger partial charge in [0.25, 0.3) is 0 Å². The van der Waals surface area contributed by atoms with Crippen molar-refractivity contribution in [3.63, 3.8) is 0 Å². The van der Waals surface area contributed by atoms with Crippen molar-refractivity contribution in [2.45, 2.75) is 39.0 Å². The van der Waals surface area contributed by atoms with Crippen molar-refractivity contribution in [2.24, 2.45) is 11.8 Å². The monoisotopic (exact) mass is 224 g/mol. The second kappa shape index (κ2) is 5.67. The van der Waals surface area contributed by atoms with Gasteiger partial charge in [-0.05, 0) is 31.8 Å². The summed E-state index contributed by atoms with van der Waals surface area (Å²) in [4.78, 5) is 14.4. The Morgan fingerprint density at radius 2 is 1.69 bits per heavy atom. The third kappa shape index (κ3) is 2.76. The fourth-order valence-electron chi connectivity index (χ4n) is 2.62. The minimum absolute atomic E-state index is 0.223. The first-order valence-electron chi connectivity index (χ1n) is 6.78. The minimum atomic E-state index is 0.223. The van der Waals surface area contributed by atoms with E-state index in [1.54, 1.807) is 0 Å². The molecule has 0 aliphatic carbocycles. The Kier molecular flexibility index (Phi) is 4.22. The number of rotatable bonds is 2. The molecule has 0 bridgehead atoms. The lowest BCUT2D eigenvalue weighted by Crippen LogP contribution is -2.50. The first-order chi connectivity index (χ1) is 7.79. The lowest BCUT2D eigenvalue weighted by Gasteiger charge is -2.35. The number of nitrogens with one attached hydrogen (secondary N) is 1. The molecule has 2 heterocycles.